The molecule has 0 aromatic heterocycles. The van der Waals surface area contributed by atoms with Gasteiger partial charge in [0.1, 0.15) is 5.75 Å². The Balaban J connectivity index is 1.33. The summed E-state index contributed by atoms with van der Waals surface area (Å²) in [4.78, 5) is 2.56. The summed E-state index contributed by atoms with van der Waals surface area (Å²) in [5.74, 6) is 1.02. The molecule has 0 saturated carbocycles. The number of ether oxygens (including phenoxy) is 1. The van der Waals surface area contributed by atoms with E-state index >= 15 is 0 Å². The van der Waals surface area contributed by atoms with E-state index in [4.69, 9.17) is 9.84 Å². The lowest BCUT2D eigenvalue weighted by Gasteiger charge is -2.51. The Hall–Kier alpha value is -2.63. The summed E-state index contributed by atoms with van der Waals surface area (Å²) in [7, 11) is 0. The number of likely N-dealkylation sites (tertiary alicyclic amines) is 1. The van der Waals surface area contributed by atoms with Gasteiger partial charge >= 0.3 is 0 Å². The monoisotopic (exact) mass is 515 g/mol. The van der Waals surface area contributed by atoms with Gasteiger partial charge in [0.2, 0.25) is 5.72 Å². The molecule has 3 aromatic carbocycles. The van der Waals surface area contributed by atoms with Crippen molar-refractivity contribution in [2.24, 2.45) is 5.10 Å². The van der Waals surface area contributed by atoms with Crippen LogP contribution in [0, 0.1) is 0 Å². The first kappa shape index (κ1) is 21.9. The van der Waals surface area contributed by atoms with E-state index in [1.165, 1.54) is 28.7 Å². The van der Waals surface area contributed by atoms with Crippen molar-refractivity contribution >= 4 is 21.6 Å². The van der Waals surface area contributed by atoms with Gasteiger partial charge in [-0.1, -0.05) is 77.5 Å². The highest BCUT2D eigenvalue weighted by Crippen LogP contribution is 2.50. The van der Waals surface area contributed by atoms with Gasteiger partial charge in [0.15, 0.2) is 0 Å². The predicted molar refractivity (Wildman–Crippen MR) is 141 cm³/mol. The molecule has 1 unspecified atom stereocenters. The Kier molecular flexibility index (Phi) is 5.70. The zero-order valence-electron chi connectivity index (χ0n) is 19.6. The Bertz CT molecular complexity index is 1200. The van der Waals surface area contributed by atoms with Crippen LogP contribution in [0.4, 0.5) is 0 Å². The molecule has 4 nitrogen and oxygen atoms in total. The molecule has 0 bridgehead atoms. The van der Waals surface area contributed by atoms with Gasteiger partial charge in [-0.25, -0.2) is 5.01 Å². The van der Waals surface area contributed by atoms with Crippen LogP contribution in [-0.2, 0) is 0 Å². The van der Waals surface area contributed by atoms with E-state index in [0.29, 0.717) is 0 Å². The molecule has 0 N–H and O–H groups in total. The zero-order chi connectivity index (χ0) is 23.1. The standard InChI is InChI=1S/C29H30BrN3O/c1-2-16-32-17-14-29(15-18-32)33-27(25-19-24(30)12-13-28(25)34-29)20-26(31-33)23-10-8-22(9-11-23)21-6-4-3-5-7-21/h3-13,19,27H,2,14-18,20H2,1H3. The van der Waals surface area contributed by atoms with Crippen molar-refractivity contribution in [2.45, 2.75) is 44.4 Å². The zero-order valence-corrected chi connectivity index (χ0v) is 21.2. The van der Waals surface area contributed by atoms with Crippen LogP contribution in [0.1, 0.15) is 49.8 Å². The molecule has 1 atom stereocenters. The minimum absolute atomic E-state index is 0.211. The molecule has 3 aliphatic heterocycles. The molecule has 1 fully saturated rings. The molecule has 3 aliphatic rings. The minimum atomic E-state index is -0.360. The number of rotatable bonds is 4. The highest BCUT2D eigenvalue weighted by molar-refractivity contribution is 9.10. The Morgan fingerprint density at radius 2 is 1.65 bits per heavy atom. The van der Waals surface area contributed by atoms with E-state index in [9.17, 15) is 0 Å². The van der Waals surface area contributed by atoms with Gasteiger partial charge in [-0.3, -0.25) is 0 Å². The number of halogens is 1. The molecule has 3 heterocycles. The molecule has 0 amide bonds. The van der Waals surface area contributed by atoms with Crippen molar-refractivity contribution in [3.63, 3.8) is 0 Å². The number of nitrogens with zero attached hydrogens (tertiary/aromatic N) is 3. The van der Waals surface area contributed by atoms with Crippen molar-refractivity contribution in [1.82, 2.24) is 9.91 Å². The van der Waals surface area contributed by atoms with Gasteiger partial charge < -0.3 is 9.64 Å². The lowest BCUT2D eigenvalue weighted by Crippen LogP contribution is -2.59. The van der Waals surface area contributed by atoms with Crippen LogP contribution in [0.5, 0.6) is 5.75 Å². The van der Waals surface area contributed by atoms with Gasteiger partial charge in [-0.2, -0.15) is 5.10 Å². The van der Waals surface area contributed by atoms with Gasteiger partial charge in [-0.05, 0) is 47.9 Å². The molecule has 1 saturated heterocycles. The molecule has 34 heavy (non-hydrogen) atoms. The number of piperidine rings is 1. The van der Waals surface area contributed by atoms with E-state index in [2.05, 4.69) is 106 Å². The fourth-order valence-corrected chi connectivity index (χ4v) is 6.06. The summed E-state index contributed by atoms with van der Waals surface area (Å²) in [6.07, 6.45) is 4.04. The molecular weight excluding hydrogens is 486 g/mol. The van der Waals surface area contributed by atoms with Crippen molar-refractivity contribution in [2.75, 3.05) is 19.6 Å². The maximum Gasteiger partial charge on any atom is 0.200 e. The normalized spacial score (nSPS) is 21.1. The van der Waals surface area contributed by atoms with Gasteiger partial charge in [-0.15, -0.1) is 0 Å². The molecule has 1 spiro atoms. The molecular formula is C29H30BrN3O. The third-order valence-corrected chi connectivity index (χ3v) is 7.95. The molecule has 6 rings (SSSR count). The maximum atomic E-state index is 6.79. The Morgan fingerprint density at radius 1 is 0.941 bits per heavy atom. The first-order valence-electron chi connectivity index (χ1n) is 12.4. The van der Waals surface area contributed by atoms with Crippen LogP contribution in [-0.4, -0.2) is 41.0 Å². The topological polar surface area (TPSA) is 28.1 Å². The predicted octanol–water partition coefficient (Wildman–Crippen LogP) is 6.86. The lowest BCUT2D eigenvalue weighted by molar-refractivity contribution is -0.149. The van der Waals surface area contributed by atoms with Gasteiger partial charge in [0.25, 0.3) is 0 Å². The van der Waals surface area contributed by atoms with Crippen molar-refractivity contribution < 1.29 is 4.74 Å². The summed E-state index contributed by atoms with van der Waals surface area (Å²) in [5, 5.41) is 7.56. The highest BCUT2D eigenvalue weighted by Gasteiger charge is 2.51. The first-order valence-corrected chi connectivity index (χ1v) is 13.2. The largest absolute Gasteiger partial charge is 0.466 e. The summed E-state index contributed by atoms with van der Waals surface area (Å²) < 4.78 is 7.88. The summed E-state index contributed by atoms with van der Waals surface area (Å²) in [6.45, 7) is 5.52. The van der Waals surface area contributed by atoms with E-state index in [1.807, 2.05) is 0 Å². The van der Waals surface area contributed by atoms with Crippen LogP contribution in [0.15, 0.2) is 82.4 Å². The SMILES string of the molecule is CCCN1CCC2(CC1)Oc1ccc(Br)cc1C1CC(c3ccc(-c4ccccc4)cc3)=NN12. The summed E-state index contributed by atoms with van der Waals surface area (Å²) in [6, 6.07) is 26.1. The fraction of sp³-hybridized carbons (Fsp3) is 0.345. The number of fused-ring (bicyclic) bond motifs is 4. The highest BCUT2D eigenvalue weighted by atomic mass is 79.9. The third-order valence-electron chi connectivity index (χ3n) is 7.46. The third kappa shape index (κ3) is 3.85. The average molecular weight is 516 g/mol. The van der Waals surface area contributed by atoms with E-state index in [1.54, 1.807) is 0 Å². The van der Waals surface area contributed by atoms with E-state index in [-0.39, 0.29) is 11.8 Å². The van der Waals surface area contributed by atoms with Crippen molar-refractivity contribution in [1.29, 1.82) is 0 Å². The van der Waals surface area contributed by atoms with Crippen LogP contribution in [0.25, 0.3) is 11.1 Å². The second kappa shape index (κ2) is 8.86. The maximum absolute atomic E-state index is 6.79. The number of benzene rings is 3. The first-order chi connectivity index (χ1) is 16.6. The second-order valence-electron chi connectivity index (χ2n) is 9.63. The smallest absolute Gasteiger partial charge is 0.200 e. The van der Waals surface area contributed by atoms with E-state index < -0.39 is 0 Å². The van der Waals surface area contributed by atoms with Crippen molar-refractivity contribution in [3.8, 4) is 16.9 Å². The molecule has 0 aliphatic carbocycles. The average Bonchev–Trinajstić information content (AvgIpc) is 3.34. The molecule has 0 radical (unpaired) electrons. The van der Waals surface area contributed by atoms with Crippen LogP contribution in [0.3, 0.4) is 0 Å². The lowest BCUT2D eigenvalue weighted by atomic mass is 9.90. The van der Waals surface area contributed by atoms with Crippen LogP contribution < -0.4 is 4.74 Å². The van der Waals surface area contributed by atoms with Crippen LogP contribution >= 0.6 is 15.9 Å². The molecule has 174 valence electrons. The number of hydrazone groups is 1. The van der Waals surface area contributed by atoms with E-state index in [0.717, 1.165) is 54.8 Å². The second-order valence-corrected chi connectivity index (χ2v) is 10.5. The van der Waals surface area contributed by atoms with Crippen LogP contribution in [0.2, 0.25) is 0 Å². The number of hydrogen-bond acceptors (Lipinski definition) is 4. The van der Waals surface area contributed by atoms with Gasteiger partial charge in [0, 0.05) is 42.4 Å². The molecule has 3 aromatic rings. The summed E-state index contributed by atoms with van der Waals surface area (Å²) >= 11 is 3.67. The quantitative estimate of drug-likeness (QED) is 0.379. The van der Waals surface area contributed by atoms with Crippen molar-refractivity contribution in [3.05, 3.63) is 88.4 Å². The van der Waals surface area contributed by atoms with Gasteiger partial charge in [0.05, 0.1) is 11.8 Å². The Labute approximate surface area is 210 Å². The molecule has 5 heteroatoms. The minimum Gasteiger partial charge on any atom is -0.466 e. The summed E-state index contributed by atoms with van der Waals surface area (Å²) in [5.41, 5.74) is 5.70. The number of hydrogen-bond donors (Lipinski definition) is 0. The fourth-order valence-electron chi connectivity index (χ4n) is 5.69. The Morgan fingerprint density at radius 3 is 2.38 bits per heavy atom.